The number of hydrogen-bond acceptors (Lipinski definition) is 7. The van der Waals surface area contributed by atoms with Crippen LogP contribution >= 0.6 is 0 Å². The second-order valence-electron chi connectivity index (χ2n) is 17.0. The van der Waals surface area contributed by atoms with Gasteiger partial charge in [0.1, 0.15) is 5.60 Å². The quantitative estimate of drug-likeness (QED) is 0.0885. The van der Waals surface area contributed by atoms with E-state index in [1.807, 2.05) is 77.1 Å². The average Bonchev–Trinajstić information content (AvgIpc) is 3.60. The molecule has 1 heterocycles. The van der Waals surface area contributed by atoms with E-state index in [0.717, 1.165) is 5.56 Å². The number of carbonyl (C=O) groups excluding carboxylic acids is 6. The summed E-state index contributed by atoms with van der Waals surface area (Å²) in [4.78, 5) is 81.9. The Hall–Kier alpha value is -4.34. The van der Waals surface area contributed by atoms with Gasteiger partial charge in [-0.25, -0.2) is 4.79 Å². The highest BCUT2D eigenvalue weighted by molar-refractivity contribution is 6.24. The summed E-state index contributed by atoms with van der Waals surface area (Å²) in [5, 5.41) is 5.93. The molecule has 0 bridgehead atoms. The Morgan fingerprint density at radius 2 is 1.55 bits per heavy atom. The molecule has 0 radical (unpaired) electrons. The van der Waals surface area contributed by atoms with Crippen LogP contribution in [0.5, 0.6) is 0 Å². The molecular formula is C45H65N3O7. The van der Waals surface area contributed by atoms with Crippen molar-refractivity contribution in [2.24, 2.45) is 17.8 Å². The number of amides is 3. The molecular weight excluding hydrogens is 695 g/mol. The van der Waals surface area contributed by atoms with Crippen molar-refractivity contribution in [3.05, 3.63) is 70.3 Å². The highest BCUT2D eigenvalue weighted by atomic mass is 16.6. The Kier molecular flexibility index (Phi) is 16.8. The molecule has 0 unspecified atom stereocenters. The molecule has 1 aliphatic carbocycles. The van der Waals surface area contributed by atoms with Gasteiger partial charge in [0.05, 0.1) is 18.0 Å². The molecule has 0 spiro atoms. The molecule has 3 rings (SSSR count). The molecule has 0 saturated carbocycles. The summed E-state index contributed by atoms with van der Waals surface area (Å²) in [6.07, 6.45) is 7.55. The predicted octanol–water partition coefficient (Wildman–Crippen LogP) is 7.80. The van der Waals surface area contributed by atoms with Gasteiger partial charge in [0, 0.05) is 47.2 Å². The maximum absolute atomic E-state index is 14.4. The predicted molar refractivity (Wildman–Crippen MR) is 216 cm³/mol. The first-order valence-electron chi connectivity index (χ1n) is 20.1. The summed E-state index contributed by atoms with van der Waals surface area (Å²) in [5.74, 6) is -1.60. The lowest BCUT2D eigenvalue weighted by atomic mass is 9.83. The van der Waals surface area contributed by atoms with Crippen LogP contribution in [0, 0.1) is 17.8 Å². The molecule has 1 saturated heterocycles. The number of carbonyl (C=O) groups is 6. The Labute approximate surface area is 329 Å². The van der Waals surface area contributed by atoms with Crippen molar-refractivity contribution >= 4 is 35.3 Å². The van der Waals surface area contributed by atoms with Crippen molar-refractivity contribution in [1.29, 1.82) is 0 Å². The Morgan fingerprint density at radius 1 is 0.891 bits per heavy atom. The van der Waals surface area contributed by atoms with Crippen LogP contribution in [0.4, 0.5) is 4.79 Å². The fraction of sp³-hybridized carbons (Fsp3) is 0.600. The van der Waals surface area contributed by atoms with Crippen molar-refractivity contribution in [3.63, 3.8) is 0 Å². The number of alkyl carbamates (subject to hydrolysis) is 1. The van der Waals surface area contributed by atoms with E-state index in [0.29, 0.717) is 80.2 Å². The largest absolute Gasteiger partial charge is 0.444 e. The van der Waals surface area contributed by atoms with Crippen LogP contribution in [0.3, 0.4) is 0 Å². The van der Waals surface area contributed by atoms with Gasteiger partial charge < -0.3 is 20.3 Å². The summed E-state index contributed by atoms with van der Waals surface area (Å²) in [7, 11) is 0. The van der Waals surface area contributed by atoms with Gasteiger partial charge in [-0.15, -0.1) is 0 Å². The number of rotatable bonds is 18. The van der Waals surface area contributed by atoms with E-state index in [9.17, 15) is 28.8 Å². The van der Waals surface area contributed by atoms with Crippen LogP contribution in [0.1, 0.15) is 126 Å². The summed E-state index contributed by atoms with van der Waals surface area (Å²) < 4.78 is 5.51. The lowest BCUT2D eigenvalue weighted by molar-refractivity contribution is -0.140. The van der Waals surface area contributed by atoms with Gasteiger partial charge >= 0.3 is 6.09 Å². The monoisotopic (exact) mass is 759 g/mol. The molecule has 3 amide bonds. The van der Waals surface area contributed by atoms with Crippen LogP contribution in [-0.4, -0.2) is 70.4 Å². The summed E-state index contributed by atoms with van der Waals surface area (Å²) in [6.45, 7) is 18.8. The zero-order chi connectivity index (χ0) is 41.0. The molecule has 4 atom stereocenters. The first-order chi connectivity index (χ1) is 25.8. The lowest BCUT2D eigenvalue weighted by Crippen LogP contribution is -2.45. The normalized spacial score (nSPS) is 18.3. The van der Waals surface area contributed by atoms with Crippen LogP contribution in [0.15, 0.2) is 64.8 Å². The minimum Gasteiger partial charge on any atom is -0.444 e. The highest BCUT2D eigenvalue weighted by Crippen LogP contribution is 2.30. The molecule has 1 aliphatic heterocycles. The average molecular weight is 760 g/mol. The van der Waals surface area contributed by atoms with Crippen molar-refractivity contribution in [1.82, 2.24) is 15.5 Å². The molecule has 2 aliphatic rings. The number of benzene rings is 1. The summed E-state index contributed by atoms with van der Waals surface area (Å²) in [6, 6.07) is 8.62. The van der Waals surface area contributed by atoms with E-state index in [4.69, 9.17) is 4.74 Å². The molecule has 0 aromatic heterocycles. The lowest BCUT2D eigenvalue weighted by Gasteiger charge is -2.29. The second-order valence-corrected chi connectivity index (χ2v) is 17.0. The number of ether oxygens (including phenoxy) is 1. The molecule has 1 aromatic carbocycles. The topological polar surface area (TPSA) is 139 Å². The summed E-state index contributed by atoms with van der Waals surface area (Å²) in [5.41, 5.74) is 2.31. The van der Waals surface area contributed by atoms with E-state index in [2.05, 4.69) is 24.5 Å². The van der Waals surface area contributed by atoms with Crippen LogP contribution < -0.4 is 10.6 Å². The van der Waals surface area contributed by atoms with E-state index in [-0.39, 0.29) is 53.6 Å². The van der Waals surface area contributed by atoms with Gasteiger partial charge in [0.15, 0.2) is 17.3 Å². The Balaban J connectivity index is 1.78. The molecule has 2 N–H and O–H groups in total. The number of nitrogens with one attached hydrogen (secondary N) is 2. The molecule has 302 valence electrons. The fourth-order valence-corrected chi connectivity index (χ4v) is 7.36. The minimum absolute atomic E-state index is 0.00262. The van der Waals surface area contributed by atoms with Crippen LogP contribution in [0.25, 0.3) is 0 Å². The third-order valence-electron chi connectivity index (χ3n) is 10.3. The standard InChI is InChI=1S/C45H65N3O7/c1-28(2)25-36(47-44(54)55-45(8,9)10)23-22-35(26-33-17-12-11-13-18-33)43(53)48-24-16-21-38(48)39(49)27-34(42(52)46-29(3)4)19-14-15-20-37-32(7)40(50)30(5)31(6)41(37)51/h11-13,17-18,22-23,28-29,34-36,38H,14-16,19-21,24-27H2,1-10H3,(H,46,52)(H,47,54)/b23-22+/t34-,35-,36-,38+/m1/s1. The molecule has 1 fully saturated rings. The van der Waals surface area contributed by atoms with Crippen molar-refractivity contribution in [2.45, 2.75) is 151 Å². The third kappa shape index (κ3) is 13.7. The smallest absolute Gasteiger partial charge is 0.408 e. The summed E-state index contributed by atoms with van der Waals surface area (Å²) >= 11 is 0. The number of Topliss-reactive ketones (excluding diaryl/α,β-unsaturated/α-hetero) is 3. The second kappa shape index (κ2) is 20.5. The van der Waals surface area contributed by atoms with Gasteiger partial charge in [0.25, 0.3) is 0 Å². The third-order valence-corrected chi connectivity index (χ3v) is 10.3. The zero-order valence-corrected chi connectivity index (χ0v) is 34.9. The number of ketones is 3. The van der Waals surface area contributed by atoms with E-state index in [1.165, 1.54) is 0 Å². The van der Waals surface area contributed by atoms with E-state index >= 15 is 0 Å². The number of unbranched alkanes of at least 4 members (excludes halogenated alkanes) is 1. The molecule has 55 heavy (non-hydrogen) atoms. The van der Waals surface area contributed by atoms with Gasteiger partial charge in [-0.1, -0.05) is 62.8 Å². The van der Waals surface area contributed by atoms with Crippen molar-refractivity contribution in [2.75, 3.05) is 6.54 Å². The highest BCUT2D eigenvalue weighted by Gasteiger charge is 2.38. The van der Waals surface area contributed by atoms with Gasteiger partial charge in [-0.3, -0.25) is 24.0 Å². The molecule has 10 nitrogen and oxygen atoms in total. The maximum Gasteiger partial charge on any atom is 0.408 e. The Morgan fingerprint density at radius 3 is 2.16 bits per heavy atom. The number of likely N-dealkylation sites (tertiary alicyclic amines) is 1. The maximum atomic E-state index is 14.4. The fourth-order valence-electron chi connectivity index (χ4n) is 7.36. The van der Waals surface area contributed by atoms with Gasteiger partial charge in [-0.05, 0) is 112 Å². The molecule has 1 aromatic rings. The van der Waals surface area contributed by atoms with Crippen molar-refractivity contribution in [3.8, 4) is 0 Å². The SMILES string of the molecule is CC1=C(C)C(=O)C(CCCC[C@H](CC(=O)[C@@H]2CCCN2C(=O)[C@H](/C=C/[C@H](CC(C)C)NC(=O)OC(C)(C)C)Cc2ccccc2)C(=O)NC(C)C)=C(C)C1=O. The van der Waals surface area contributed by atoms with Gasteiger partial charge in [0.2, 0.25) is 11.8 Å². The molecule has 10 heteroatoms. The first kappa shape index (κ1) is 45.1. The minimum atomic E-state index is -0.655. The van der Waals surface area contributed by atoms with Gasteiger partial charge in [-0.2, -0.15) is 0 Å². The number of hydrogen-bond donors (Lipinski definition) is 2. The van der Waals surface area contributed by atoms with Crippen molar-refractivity contribution < 1.29 is 33.5 Å². The van der Waals surface area contributed by atoms with E-state index in [1.54, 1.807) is 25.7 Å². The van der Waals surface area contributed by atoms with E-state index < -0.39 is 29.6 Å². The van der Waals surface area contributed by atoms with Crippen LogP contribution in [-0.2, 0) is 35.1 Å². The first-order valence-corrected chi connectivity index (χ1v) is 20.1. The number of nitrogens with zero attached hydrogens (tertiary/aromatic N) is 1. The van der Waals surface area contributed by atoms with Crippen LogP contribution in [0.2, 0.25) is 0 Å². The number of allylic oxidation sites excluding steroid dienone is 4. The zero-order valence-electron chi connectivity index (χ0n) is 34.9. The Bertz CT molecular complexity index is 1650.